The standard InChI is InChI=1S/C16H16N4O/c17-16(21)9-12-4-6-14(7-5-12)18-10-13-11-19-20-8-2-1-3-15(13)20/h1-8,11,18H,9-10H2,(H2,17,21). The van der Waals surface area contributed by atoms with E-state index in [0.717, 1.165) is 22.3 Å². The van der Waals surface area contributed by atoms with Crippen LogP contribution in [0.1, 0.15) is 11.1 Å². The van der Waals surface area contributed by atoms with E-state index >= 15 is 0 Å². The smallest absolute Gasteiger partial charge is 0.221 e. The van der Waals surface area contributed by atoms with Crippen molar-refractivity contribution in [1.29, 1.82) is 0 Å². The van der Waals surface area contributed by atoms with Gasteiger partial charge in [0.05, 0.1) is 18.1 Å². The summed E-state index contributed by atoms with van der Waals surface area (Å²) in [6.07, 6.45) is 4.07. The normalized spacial score (nSPS) is 10.7. The number of carbonyl (C=O) groups excluding carboxylic acids is 1. The van der Waals surface area contributed by atoms with Gasteiger partial charge in [-0.1, -0.05) is 18.2 Å². The summed E-state index contributed by atoms with van der Waals surface area (Å²) in [4.78, 5) is 10.9. The third kappa shape index (κ3) is 3.02. The Balaban J connectivity index is 1.68. The number of hydrogen-bond acceptors (Lipinski definition) is 3. The first-order chi connectivity index (χ1) is 10.2. The van der Waals surface area contributed by atoms with Crippen LogP contribution in [-0.2, 0) is 17.8 Å². The number of benzene rings is 1. The Kier molecular flexibility index (Phi) is 3.55. The zero-order valence-corrected chi connectivity index (χ0v) is 11.5. The van der Waals surface area contributed by atoms with E-state index in [1.54, 1.807) is 0 Å². The van der Waals surface area contributed by atoms with E-state index in [4.69, 9.17) is 5.73 Å². The van der Waals surface area contributed by atoms with E-state index in [-0.39, 0.29) is 12.3 Å². The highest BCUT2D eigenvalue weighted by Gasteiger charge is 2.03. The molecule has 0 aliphatic rings. The lowest BCUT2D eigenvalue weighted by molar-refractivity contribution is -0.117. The maximum atomic E-state index is 10.9. The predicted molar refractivity (Wildman–Crippen MR) is 81.9 cm³/mol. The SMILES string of the molecule is NC(=O)Cc1ccc(NCc2cnn3ccccc23)cc1. The Morgan fingerprint density at radius 1 is 1.19 bits per heavy atom. The number of primary amides is 1. The van der Waals surface area contributed by atoms with Crippen LogP contribution in [0, 0.1) is 0 Å². The zero-order chi connectivity index (χ0) is 14.7. The molecule has 2 heterocycles. The van der Waals surface area contributed by atoms with Crippen molar-refractivity contribution in [3.8, 4) is 0 Å². The number of nitrogens with two attached hydrogens (primary N) is 1. The summed E-state index contributed by atoms with van der Waals surface area (Å²) in [5, 5.41) is 7.65. The highest BCUT2D eigenvalue weighted by molar-refractivity contribution is 5.76. The molecule has 3 N–H and O–H groups in total. The van der Waals surface area contributed by atoms with Gasteiger partial charge in [-0.15, -0.1) is 0 Å². The number of fused-ring (bicyclic) bond motifs is 1. The summed E-state index contributed by atoms with van der Waals surface area (Å²) in [5.74, 6) is -0.318. The van der Waals surface area contributed by atoms with Crippen LogP contribution < -0.4 is 11.1 Å². The number of hydrogen-bond donors (Lipinski definition) is 2. The van der Waals surface area contributed by atoms with Gasteiger partial charge < -0.3 is 11.1 Å². The minimum Gasteiger partial charge on any atom is -0.381 e. The Morgan fingerprint density at radius 3 is 2.76 bits per heavy atom. The number of anilines is 1. The fourth-order valence-corrected chi connectivity index (χ4v) is 2.26. The number of nitrogens with zero attached hydrogens (tertiary/aromatic N) is 2. The van der Waals surface area contributed by atoms with Gasteiger partial charge in [-0.05, 0) is 29.8 Å². The molecule has 0 spiro atoms. The molecule has 0 unspecified atom stereocenters. The largest absolute Gasteiger partial charge is 0.381 e. The molecule has 0 aliphatic heterocycles. The Hall–Kier alpha value is -2.82. The molecule has 5 nitrogen and oxygen atoms in total. The third-order valence-corrected chi connectivity index (χ3v) is 3.32. The lowest BCUT2D eigenvalue weighted by Crippen LogP contribution is -2.13. The van der Waals surface area contributed by atoms with Crippen LogP contribution in [0.3, 0.4) is 0 Å². The summed E-state index contributed by atoms with van der Waals surface area (Å²) >= 11 is 0. The fraction of sp³-hybridized carbons (Fsp3) is 0.125. The van der Waals surface area contributed by atoms with Crippen LogP contribution in [0.15, 0.2) is 54.9 Å². The Morgan fingerprint density at radius 2 is 2.00 bits per heavy atom. The average Bonchev–Trinajstić information content (AvgIpc) is 2.89. The van der Waals surface area contributed by atoms with E-state index in [0.29, 0.717) is 6.54 Å². The molecule has 0 radical (unpaired) electrons. The van der Waals surface area contributed by atoms with E-state index in [1.807, 2.05) is 59.4 Å². The van der Waals surface area contributed by atoms with Crippen LogP contribution in [0.5, 0.6) is 0 Å². The molecule has 0 saturated heterocycles. The first-order valence-electron chi connectivity index (χ1n) is 6.75. The lowest BCUT2D eigenvalue weighted by Gasteiger charge is -2.06. The monoisotopic (exact) mass is 280 g/mol. The highest BCUT2D eigenvalue weighted by atomic mass is 16.1. The van der Waals surface area contributed by atoms with Crippen LogP contribution in [0.2, 0.25) is 0 Å². The Bertz CT molecular complexity index is 761. The summed E-state index contributed by atoms with van der Waals surface area (Å²) in [6, 6.07) is 13.7. The predicted octanol–water partition coefficient (Wildman–Crippen LogP) is 1.97. The molecule has 21 heavy (non-hydrogen) atoms. The maximum absolute atomic E-state index is 10.9. The van der Waals surface area contributed by atoms with Crippen molar-refractivity contribution in [1.82, 2.24) is 9.61 Å². The topological polar surface area (TPSA) is 72.4 Å². The van der Waals surface area contributed by atoms with E-state index in [1.165, 1.54) is 0 Å². The van der Waals surface area contributed by atoms with Crippen LogP contribution in [0.4, 0.5) is 5.69 Å². The molecule has 0 atom stereocenters. The van der Waals surface area contributed by atoms with Crippen molar-refractivity contribution >= 4 is 17.1 Å². The first kappa shape index (κ1) is 13.2. The molecule has 0 aliphatic carbocycles. The molecule has 3 rings (SSSR count). The summed E-state index contributed by atoms with van der Waals surface area (Å²) < 4.78 is 1.85. The maximum Gasteiger partial charge on any atom is 0.221 e. The quantitative estimate of drug-likeness (QED) is 0.750. The van der Waals surface area contributed by atoms with Gasteiger partial charge in [0.15, 0.2) is 0 Å². The summed E-state index contributed by atoms with van der Waals surface area (Å²) in [7, 11) is 0. The fourth-order valence-electron chi connectivity index (χ4n) is 2.26. The second-order valence-electron chi connectivity index (χ2n) is 4.89. The number of nitrogens with one attached hydrogen (secondary N) is 1. The third-order valence-electron chi connectivity index (χ3n) is 3.32. The second kappa shape index (κ2) is 5.66. The average molecular weight is 280 g/mol. The molecular formula is C16H16N4O. The number of carbonyl (C=O) groups is 1. The number of pyridine rings is 1. The van der Waals surface area contributed by atoms with Gasteiger partial charge in [-0.3, -0.25) is 4.79 Å². The van der Waals surface area contributed by atoms with Crippen molar-refractivity contribution in [2.75, 3.05) is 5.32 Å². The lowest BCUT2D eigenvalue weighted by atomic mass is 10.1. The van der Waals surface area contributed by atoms with Crippen LogP contribution >= 0.6 is 0 Å². The van der Waals surface area contributed by atoms with Crippen molar-refractivity contribution in [2.45, 2.75) is 13.0 Å². The molecule has 0 fully saturated rings. The van der Waals surface area contributed by atoms with Gasteiger partial charge in [0.1, 0.15) is 0 Å². The molecule has 3 aromatic rings. The van der Waals surface area contributed by atoms with Gasteiger partial charge >= 0.3 is 0 Å². The molecule has 0 saturated carbocycles. The molecule has 2 aromatic heterocycles. The second-order valence-corrected chi connectivity index (χ2v) is 4.89. The number of aromatic nitrogens is 2. The van der Waals surface area contributed by atoms with E-state index < -0.39 is 0 Å². The summed E-state index contributed by atoms with van der Waals surface area (Å²) in [6.45, 7) is 0.697. The molecule has 0 bridgehead atoms. The van der Waals surface area contributed by atoms with Crippen molar-refractivity contribution in [3.63, 3.8) is 0 Å². The van der Waals surface area contributed by atoms with Gasteiger partial charge in [0, 0.05) is 24.0 Å². The molecule has 1 amide bonds. The minimum absolute atomic E-state index is 0.272. The van der Waals surface area contributed by atoms with Crippen molar-refractivity contribution in [3.05, 3.63) is 66.0 Å². The van der Waals surface area contributed by atoms with Gasteiger partial charge in [-0.2, -0.15) is 5.10 Å². The van der Waals surface area contributed by atoms with Crippen molar-refractivity contribution in [2.24, 2.45) is 5.73 Å². The molecule has 1 aromatic carbocycles. The van der Waals surface area contributed by atoms with Crippen LogP contribution in [0.25, 0.3) is 5.52 Å². The van der Waals surface area contributed by atoms with Gasteiger partial charge in [-0.25, -0.2) is 4.52 Å². The van der Waals surface area contributed by atoms with Gasteiger partial charge in [0.2, 0.25) is 5.91 Å². The van der Waals surface area contributed by atoms with Gasteiger partial charge in [0.25, 0.3) is 0 Å². The first-order valence-corrected chi connectivity index (χ1v) is 6.75. The van der Waals surface area contributed by atoms with E-state index in [2.05, 4.69) is 10.4 Å². The number of amides is 1. The van der Waals surface area contributed by atoms with Crippen LogP contribution in [-0.4, -0.2) is 15.5 Å². The summed E-state index contributed by atoms with van der Waals surface area (Å²) in [5.41, 5.74) is 9.32. The van der Waals surface area contributed by atoms with Crippen molar-refractivity contribution < 1.29 is 4.79 Å². The molecule has 106 valence electrons. The minimum atomic E-state index is -0.318. The Labute approximate surface area is 122 Å². The number of rotatable bonds is 5. The zero-order valence-electron chi connectivity index (χ0n) is 11.5. The van der Waals surface area contributed by atoms with E-state index in [9.17, 15) is 4.79 Å². The molecular weight excluding hydrogens is 264 g/mol. The highest BCUT2D eigenvalue weighted by Crippen LogP contribution is 2.14. The molecule has 5 heteroatoms.